The molecule has 2 aromatic carbocycles. The predicted molar refractivity (Wildman–Crippen MR) is 115 cm³/mol. The number of carbonyl (C=O) groups is 3. The Labute approximate surface area is 181 Å². The summed E-state index contributed by atoms with van der Waals surface area (Å²) in [4.78, 5) is 38.3. The van der Waals surface area contributed by atoms with Crippen molar-refractivity contribution >= 4 is 17.7 Å². The Hall–Kier alpha value is -3.03. The van der Waals surface area contributed by atoms with Gasteiger partial charge in [0, 0.05) is 36.7 Å². The van der Waals surface area contributed by atoms with Crippen LogP contribution in [0, 0.1) is 0 Å². The van der Waals surface area contributed by atoms with Crippen molar-refractivity contribution in [2.24, 2.45) is 5.73 Å². The lowest BCUT2D eigenvalue weighted by Crippen LogP contribution is -2.56. The highest BCUT2D eigenvalue weighted by Gasteiger charge is 2.42. The molecule has 0 aromatic heterocycles. The van der Waals surface area contributed by atoms with Gasteiger partial charge in [0.15, 0.2) is 0 Å². The van der Waals surface area contributed by atoms with Crippen LogP contribution in [0.15, 0.2) is 48.5 Å². The lowest BCUT2D eigenvalue weighted by molar-refractivity contribution is -0.136. The Bertz CT molecular complexity index is 1050. The van der Waals surface area contributed by atoms with Crippen LogP contribution < -0.4 is 16.4 Å². The molecule has 7 heteroatoms. The molecule has 1 saturated carbocycles. The van der Waals surface area contributed by atoms with Crippen LogP contribution in [-0.4, -0.2) is 34.7 Å². The first-order chi connectivity index (χ1) is 14.9. The van der Waals surface area contributed by atoms with E-state index in [2.05, 4.69) is 22.8 Å². The van der Waals surface area contributed by atoms with Crippen molar-refractivity contribution in [3.05, 3.63) is 70.8 Å². The summed E-state index contributed by atoms with van der Waals surface area (Å²) in [6, 6.07) is 15.7. The second-order valence-corrected chi connectivity index (χ2v) is 8.85. The summed E-state index contributed by atoms with van der Waals surface area (Å²) in [6.45, 7) is 1.04. The Balaban J connectivity index is 1.24. The fourth-order valence-corrected chi connectivity index (χ4v) is 5.04. The number of piperidine rings is 1. The van der Waals surface area contributed by atoms with Gasteiger partial charge in [0.2, 0.25) is 11.8 Å². The summed E-state index contributed by atoms with van der Waals surface area (Å²) in [6.07, 6.45) is 2.37. The van der Waals surface area contributed by atoms with Gasteiger partial charge < -0.3 is 16.0 Å². The summed E-state index contributed by atoms with van der Waals surface area (Å²) < 4.78 is 0. The number of amides is 3. The second-order valence-electron chi connectivity index (χ2n) is 8.85. The van der Waals surface area contributed by atoms with Crippen LogP contribution >= 0.6 is 0 Å². The lowest BCUT2D eigenvalue weighted by atomic mass is 9.69. The fourth-order valence-electron chi connectivity index (χ4n) is 5.04. The summed E-state index contributed by atoms with van der Waals surface area (Å²) in [7, 11) is 0. The van der Waals surface area contributed by atoms with Crippen LogP contribution in [0.25, 0.3) is 0 Å². The van der Waals surface area contributed by atoms with Crippen LogP contribution in [0.3, 0.4) is 0 Å². The lowest BCUT2D eigenvalue weighted by Gasteiger charge is -2.46. The van der Waals surface area contributed by atoms with E-state index in [1.54, 1.807) is 4.90 Å². The van der Waals surface area contributed by atoms with Crippen molar-refractivity contribution in [2.45, 2.75) is 56.4 Å². The van der Waals surface area contributed by atoms with Gasteiger partial charge in [-0.15, -0.1) is 0 Å². The molecule has 4 N–H and O–H groups in total. The first kappa shape index (κ1) is 19.9. The molecule has 3 aliphatic rings. The zero-order valence-electron chi connectivity index (χ0n) is 17.3. The molecule has 0 bridgehead atoms. The largest absolute Gasteiger partial charge is 0.322 e. The minimum absolute atomic E-state index is 0.139. The van der Waals surface area contributed by atoms with Crippen LogP contribution in [-0.2, 0) is 28.2 Å². The quantitative estimate of drug-likeness (QED) is 0.639. The van der Waals surface area contributed by atoms with Gasteiger partial charge in [0.1, 0.15) is 6.04 Å². The van der Waals surface area contributed by atoms with Gasteiger partial charge in [-0.05, 0) is 42.0 Å². The number of nitrogens with one attached hydrogen (secondary N) is 2. The van der Waals surface area contributed by atoms with Gasteiger partial charge in [-0.2, -0.15) is 0 Å². The number of fused-ring (bicyclic) bond motifs is 1. The zero-order chi connectivity index (χ0) is 21.6. The molecule has 1 unspecified atom stereocenters. The molecule has 2 heterocycles. The third-order valence-corrected chi connectivity index (χ3v) is 6.83. The number of nitrogens with two attached hydrogens (primary N) is 1. The summed E-state index contributed by atoms with van der Waals surface area (Å²) in [5.41, 5.74) is 10.1. The number of carbonyl (C=O) groups excluding carboxylic acids is 3. The number of hydrogen-bond acceptors (Lipinski definition) is 5. The topological polar surface area (TPSA) is 105 Å². The van der Waals surface area contributed by atoms with Crippen LogP contribution in [0.5, 0.6) is 0 Å². The minimum Gasteiger partial charge on any atom is -0.322 e. The molecule has 1 aliphatic carbocycles. The van der Waals surface area contributed by atoms with E-state index in [0.29, 0.717) is 31.1 Å². The van der Waals surface area contributed by atoms with Gasteiger partial charge in [0.05, 0.1) is 0 Å². The van der Waals surface area contributed by atoms with Crippen molar-refractivity contribution in [2.75, 3.05) is 0 Å². The molecule has 1 saturated heterocycles. The molecule has 3 amide bonds. The number of benzene rings is 2. The van der Waals surface area contributed by atoms with E-state index < -0.39 is 6.04 Å². The highest BCUT2D eigenvalue weighted by molar-refractivity contribution is 6.05. The monoisotopic (exact) mass is 418 g/mol. The standard InChI is InChI=1S/C24H26N4O3/c25-24(16-6-2-1-3-7-16)11-17(12-24)26-13-15-5-4-8-18-19(15)14-28(23(18)31)20-9-10-21(29)27-22(20)30/h1-8,17,20,26H,9-14,25H2,(H,27,29,30). The van der Waals surface area contributed by atoms with E-state index in [-0.39, 0.29) is 29.7 Å². The molecule has 7 nitrogen and oxygen atoms in total. The molecule has 0 spiro atoms. The van der Waals surface area contributed by atoms with E-state index >= 15 is 0 Å². The molecule has 160 valence electrons. The van der Waals surface area contributed by atoms with Crippen molar-refractivity contribution in [3.8, 4) is 0 Å². The zero-order valence-corrected chi connectivity index (χ0v) is 17.3. The smallest absolute Gasteiger partial charge is 0.255 e. The maximum atomic E-state index is 12.9. The summed E-state index contributed by atoms with van der Waals surface area (Å²) in [5.74, 6) is -0.797. The second kappa shape index (κ2) is 7.59. The van der Waals surface area contributed by atoms with Gasteiger partial charge >= 0.3 is 0 Å². The molecular weight excluding hydrogens is 392 g/mol. The van der Waals surface area contributed by atoms with Gasteiger partial charge in [-0.3, -0.25) is 19.7 Å². The van der Waals surface area contributed by atoms with E-state index in [1.165, 1.54) is 5.56 Å². The van der Waals surface area contributed by atoms with Crippen molar-refractivity contribution in [1.29, 1.82) is 0 Å². The molecular formula is C24H26N4O3. The number of nitrogens with zero attached hydrogens (tertiary/aromatic N) is 1. The molecule has 0 radical (unpaired) electrons. The third kappa shape index (κ3) is 3.54. The molecule has 2 aromatic rings. The van der Waals surface area contributed by atoms with Gasteiger partial charge in [0.25, 0.3) is 5.91 Å². The predicted octanol–water partition coefficient (Wildman–Crippen LogP) is 1.55. The van der Waals surface area contributed by atoms with Crippen molar-refractivity contribution in [1.82, 2.24) is 15.5 Å². The highest BCUT2D eigenvalue weighted by Crippen LogP contribution is 2.39. The summed E-state index contributed by atoms with van der Waals surface area (Å²) >= 11 is 0. The third-order valence-electron chi connectivity index (χ3n) is 6.83. The molecule has 31 heavy (non-hydrogen) atoms. The molecule has 1 atom stereocenters. The van der Waals surface area contributed by atoms with Gasteiger partial charge in [-0.1, -0.05) is 42.5 Å². The van der Waals surface area contributed by atoms with E-state index in [0.717, 1.165) is 24.0 Å². The maximum absolute atomic E-state index is 12.9. The normalized spacial score (nSPS) is 27.6. The summed E-state index contributed by atoms with van der Waals surface area (Å²) in [5, 5.41) is 5.93. The average Bonchev–Trinajstić information content (AvgIpc) is 3.08. The Kier molecular flexibility index (Phi) is 4.87. The molecule has 2 fully saturated rings. The van der Waals surface area contributed by atoms with E-state index in [4.69, 9.17) is 5.73 Å². The maximum Gasteiger partial charge on any atom is 0.255 e. The SMILES string of the molecule is NC1(c2ccccc2)CC(NCc2cccc3c2CN(C2CCC(=O)NC2=O)C3=O)C1. The Morgan fingerprint density at radius 2 is 1.84 bits per heavy atom. The molecule has 2 aliphatic heterocycles. The van der Waals surface area contributed by atoms with Crippen LogP contribution in [0.2, 0.25) is 0 Å². The Morgan fingerprint density at radius 3 is 2.58 bits per heavy atom. The minimum atomic E-state index is -0.589. The fraction of sp³-hybridized carbons (Fsp3) is 0.375. The molecule has 5 rings (SSSR count). The van der Waals surface area contributed by atoms with Gasteiger partial charge in [-0.25, -0.2) is 0 Å². The number of imide groups is 1. The van der Waals surface area contributed by atoms with Crippen molar-refractivity contribution in [3.63, 3.8) is 0 Å². The van der Waals surface area contributed by atoms with E-state index in [9.17, 15) is 14.4 Å². The first-order valence-electron chi connectivity index (χ1n) is 10.8. The van der Waals surface area contributed by atoms with Crippen molar-refractivity contribution < 1.29 is 14.4 Å². The Morgan fingerprint density at radius 1 is 1.06 bits per heavy atom. The van der Waals surface area contributed by atoms with E-state index in [1.807, 2.05) is 36.4 Å². The van der Waals surface area contributed by atoms with Crippen LogP contribution in [0.4, 0.5) is 0 Å². The van der Waals surface area contributed by atoms with Crippen LogP contribution in [0.1, 0.15) is 52.7 Å². The highest BCUT2D eigenvalue weighted by atomic mass is 16.2. The number of rotatable bonds is 5. The number of hydrogen-bond donors (Lipinski definition) is 3. The average molecular weight is 418 g/mol. The first-order valence-corrected chi connectivity index (χ1v) is 10.8.